The van der Waals surface area contributed by atoms with Gasteiger partial charge in [0.15, 0.2) is 0 Å². The fourth-order valence-corrected chi connectivity index (χ4v) is 2.19. The van der Waals surface area contributed by atoms with Crippen molar-refractivity contribution in [2.24, 2.45) is 0 Å². The first-order chi connectivity index (χ1) is 8.06. The highest BCUT2D eigenvalue weighted by atomic mass is 32.5. The molecule has 18 heavy (non-hydrogen) atoms. The van der Waals surface area contributed by atoms with Crippen molar-refractivity contribution in [3.8, 4) is 11.1 Å². The monoisotopic (exact) mass is 280 g/mol. The topological polar surface area (TPSA) is 0 Å². The van der Waals surface area contributed by atoms with E-state index < -0.39 is 15.1 Å². The number of hydrogen-bond acceptors (Lipinski definition) is 0. The minimum absolute atomic E-state index is 0.421. The molecule has 0 heterocycles. The van der Waals surface area contributed by atoms with Crippen LogP contribution in [0.1, 0.15) is 0 Å². The Morgan fingerprint density at radius 2 is 1.00 bits per heavy atom. The van der Waals surface area contributed by atoms with Crippen molar-refractivity contribution in [3.05, 3.63) is 54.6 Å². The zero-order valence-corrected chi connectivity index (χ0v) is 9.81. The lowest BCUT2D eigenvalue weighted by Crippen LogP contribution is -2.05. The van der Waals surface area contributed by atoms with E-state index in [0.717, 1.165) is 12.1 Å². The van der Waals surface area contributed by atoms with Crippen LogP contribution in [0.5, 0.6) is 0 Å². The van der Waals surface area contributed by atoms with Gasteiger partial charge < -0.3 is 0 Å². The van der Waals surface area contributed by atoms with E-state index in [9.17, 15) is 19.4 Å². The maximum Gasteiger partial charge on any atom is 0.310 e. The first-order valence-electron chi connectivity index (χ1n) is 4.96. The Kier molecular flexibility index (Phi) is 2.33. The van der Waals surface area contributed by atoms with Crippen molar-refractivity contribution in [1.82, 2.24) is 0 Å². The highest BCUT2D eigenvalue weighted by Gasteiger charge is 2.65. The van der Waals surface area contributed by atoms with Gasteiger partial charge in [-0.2, -0.15) is 0 Å². The standard InChI is InChI=1S/C12H9F5S/c13-18(14,15,16,17)12-8-6-11(7-9-12)10-4-2-1-3-5-10/h1-9H. The van der Waals surface area contributed by atoms with Crippen LogP contribution in [-0.4, -0.2) is 0 Å². The molecule has 0 unspecified atom stereocenters. The van der Waals surface area contributed by atoms with Crippen LogP contribution in [0.25, 0.3) is 11.1 Å². The molecular formula is C12H9F5S. The van der Waals surface area contributed by atoms with Crippen molar-refractivity contribution in [3.63, 3.8) is 0 Å². The normalized spacial score (nSPS) is 15.8. The fraction of sp³-hybridized carbons (Fsp3) is 0. The summed E-state index contributed by atoms with van der Waals surface area (Å²) in [6.07, 6.45) is 0. The molecule has 0 aliphatic carbocycles. The molecule has 0 radical (unpaired) electrons. The first-order valence-corrected chi connectivity index (χ1v) is 6.91. The Balaban J connectivity index is 2.45. The average Bonchev–Trinajstić information content (AvgIpc) is 2.28. The van der Waals surface area contributed by atoms with E-state index >= 15 is 0 Å². The Morgan fingerprint density at radius 3 is 1.44 bits per heavy atom. The lowest BCUT2D eigenvalue weighted by molar-refractivity contribution is 0.364. The van der Waals surface area contributed by atoms with E-state index in [1.54, 1.807) is 30.3 Å². The van der Waals surface area contributed by atoms with Gasteiger partial charge in [0, 0.05) is 0 Å². The maximum atomic E-state index is 12.5. The summed E-state index contributed by atoms with van der Waals surface area (Å²) in [6, 6.07) is 11.5. The van der Waals surface area contributed by atoms with Crippen molar-refractivity contribution in [2.45, 2.75) is 4.90 Å². The zero-order valence-electron chi connectivity index (χ0n) is 8.99. The van der Waals surface area contributed by atoms with Crippen molar-refractivity contribution < 1.29 is 19.4 Å². The first kappa shape index (κ1) is 12.9. The van der Waals surface area contributed by atoms with Crippen LogP contribution in [0, 0.1) is 0 Å². The second kappa shape index (κ2) is 3.26. The molecule has 2 aromatic carbocycles. The largest absolute Gasteiger partial charge is 0.310 e. The van der Waals surface area contributed by atoms with Gasteiger partial charge in [-0.05, 0) is 23.3 Å². The highest BCUT2D eigenvalue weighted by molar-refractivity contribution is 8.45. The third-order valence-electron chi connectivity index (χ3n) is 2.41. The Hall–Kier alpha value is -1.56. The maximum absolute atomic E-state index is 12.5. The second-order valence-electron chi connectivity index (χ2n) is 3.86. The van der Waals surface area contributed by atoms with Crippen LogP contribution in [0.15, 0.2) is 59.5 Å². The Morgan fingerprint density at radius 1 is 0.556 bits per heavy atom. The molecule has 0 spiro atoms. The molecule has 0 amide bonds. The third-order valence-corrected chi connectivity index (χ3v) is 3.57. The molecule has 0 aliphatic rings. The van der Waals surface area contributed by atoms with Crippen molar-refractivity contribution in [2.75, 3.05) is 0 Å². The SMILES string of the molecule is FS(F)(F)(F)(F)c1ccc(-c2ccccc2)cc1. The molecule has 0 saturated carbocycles. The van der Waals surface area contributed by atoms with Gasteiger partial charge in [0.1, 0.15) is 4.90 Å². The van der Waals surface area contributed by atoms with Gasteiger partial charge in [-0.1, -0.05) is 61.9 Å². The Bertz CT molecular complexity index is 557. The van der Waals surface area contributed by atoms with Crippen LogP contribution in [-0.2, 0) is 0 Å². The number of rotatable bonds is 2. The van der Waals surface area contributed by atoms with E-state index in [1.165, 1.54) is 0 Å². The predicted molar refractivity (Wildman–Crippen MR) is 63.3 cm³/mol. The molecule has 0 aromatic heterocycles. The molecule has 0 N–H and O–H groups in total. The molecule has 0 atom stereocenters. The average molecular weight is 280 g/mol. The smallest absolute Gasteiger partial charge is 0.0936 e. The molecule has 2 rings (SSSR count). The summed E-state index contributed by atoms with van der Waals surface area (Å²) in [6.45, 7) is 0. The van der Waals surface area contributed by atoms with Crippen molar-refractivity contribution in [1.29, 1.82) is 0 Å². The van der Waals surface area contributed by atoms with Crippen LogP contribution in [0.4, 0.5) is 19.4 Å². The van der Waals surface area contributed by atoms with Gasteiger partial charge in [0.25, 0.3) is 0 Å². The number of halogens is 5. The molecular weight excluding hydrogens is 271 g/mol. The quantitative estimate of drug-likeness (QED) is 0.591. The lowest BCUT2D eigenvalue weighted by atomic mass is 10.1. The molecule has 6 heteroatoms. The molecule has 98 valence electrons. The van der Waals surface area contributed by atoms with Gasteiger partial charge in [0.2, 0.25) is 0 Å². The van der Waals surface area contributed by atoms with E-state index in [-0.39, 0.29) is 0 Å². The van der Waals surface area contributed by atoms with E-state index in [1.807, 2.05) is 0 Å². The van der Waals surface area contributed by atoms with E-state index in [2.05, 4.69) is 0 Å². The molecule has 0 saturated heterocycles. The zero-order chi connectivity index (χ0) is 13.5. The van der Waals surface area contributed by atoms with Gasteiger partial charge in [-0.3, -0.25) is 0 Å². The number of hydrogen-bond donors (Lipinski definition) is 0. The molecule has 2 aromatic rings. The third kappa shape index (κ3) is 2.81. The van der Waals surface area contributed by atoms with E-state index in [4.69, 9.17) is 0 Å². The van der Waals surface area contributed by atoms with Crippen molar-refractivity contribution >= 4 is 10.2 Å². The van der Waals surface area contributed by atoms with Crippen LogP contribution < -0.4 is 0 Å². The summed E-state index contributed by atoms with van der Waals surface area (Å²) in [5.41, 5.74) is 1.13. The fourth-order valence-electron chi connectivity index (χ4n) is 1.54. The van der Waals surface area contributed by atoms with Crippen LogP contribution >= 0.6 is 10.2 Å². The minimum atomic E-state index is -9.56. The predicted octanol–water partition coefficient (Wildman–Crippen LogP) is 6.01. The lowest BCUT2D eigenvalue weighted by Gasteiger charge is -2.40. The van der Waals surface area contributed by atoms with Gasteiger partial charge in [0.05, 0.1) is 0 Å². The minimum Gasteiger partial charge on any atom is -0.0936 e. The molecule has 0 nitrogen and oxygen atoms in total. The molecule has 0 aliphatic heterocycles. The highest BCUT2D eigenvalue weighted by Crippen LogP contribution is 3.02. The van der Waals surface area contributed by atoms with Crippen LogP contribution in [0.2, 0.25) is 0 Å². The summed E-state index contributed by atoms with van der Waals surface area (Å²) in [5, 5.41) is 0. The summed E-state index contributed by atoms with van der Waals surface area (Å²) in [4.78, 5) is -1.87. The summed E-state index contributed by atoms with van der Waals surface area (Å²) in [5.74, 6) is 0. The summed E-state index contributed by atoms with van der Waals surface area (Å²) < 4.78 is 62.4. The van der Waals surface area contributed by atoms with Crippen LogP contribution in [0.3, 0.4) is 0 Å². The second-order valence-corrected chi connectivity index (χ2v) is 6.27. The summed E-state index contributed by atoms with van der Waals surface area (Å²) >= 11 is 0. The Labute approximate surface area is 101 Å². The molecule has 0 fully saturated rings. The number of benzene rings is 2. The van der Waals surface area contributed by atoms with E-state index in [0.29, 0.717) is 23.3 Å². The van der Waals surface area contributed by atoms with Gasteiger partial charge >= 0.3 is 10.2 Å². The van der Waals surface area contributed by atoms with Gasteiger partial charge in [-0.15, -0.1) is 0 Å². The molecule has 0 bridgehead atoms. The van der Waals surface area contributed by atoms with Gasteiger partial charge in [-0.25, -0.2) is 0 Å². The summed E-state index contributed by atoms with van der Waals surface area (Å²) in [7, 11) is -9.56.